The molecule has 0 unspecified atom stereocenters. The molecule has 1 N–H and O–H groups in total. The minimum absolute atomic E-state index is 0.0687. The second-order valence-electron chi connectivity index (χ2n) is 13.3. The molecular formula is C28H40O5. The van der Waals surface area contributed by atoms with Gasteiger partial charge in [0, 0.05) is 6.42 Å². The van der Waals surface area contributed by atoms with Gasteiger partial charge in [-0.15, -0.1) is 0 Å². The van der Waals surface area contributed by atoms with Crippen molar-refractivity contribution >= 4 is 5.78 Å². The van der Waals surface area contributed by atoms with Crippen LogP contribution in [0.1, 0.15) is 79.1 Å². The molecular weight excluding hydrogens is 416 g/mol. The number of ether oxygens (including phenoxy) is 3. The number of fused-ring (bicyclic) bond motifs is 5. The number of aliphatic hydroxyl groups excluding tert-OH is 1. The maximum atomic E-state index is 13.2. The van der Waals surface area contributed by atoms with Crippen LogP contribution >= 0.6 is 0 Å². The van der Waals surface area contributed by atoms with Crippen molar-refractivity contribution in [3.8, 4) is 0 Å². The molecule has 3 saturated carbocycles. The van der Waals surface area contributed by atoms with Gasteiger partial charge in [-0.25, -0.2) is 0 Å². The summed E-state index contributed by atoms with van der Waals surface area (Å²) in [6.45, 7) is 8.67. The second-order valence-corrected chi connectivity index (χ2v) is 13.3. The minimum Gasteiger partial charge on any atom is -0.366 e. The Labute approximate surface area is 197 Å². The molecule has 182 valence electrons. The van der Waals surface area contributed by atoms with Gasteiger partial charge in [-0.3, -0.25) is 4.79 Å². The lowest BCUT2D eigenvalue weighted by Crippen LogP contribution is -2.59. The van der Waals surface area contributed by atoms with E-state index in [4.69, 9.17) is 14.2 Å². The van der Waals surface area contributed by atoms with Crippen molar-refractivity contribution in [2.45, 2.75) is 114 Å². The van der Waals surface area contributed by atoms with Crippen molar-refractivity contribution in [2.24, 2.45) is 40.9 Å². The Bertz CT molecular complexity index is 916. The van der Waals surface area contributed by atoms with Gasteiger partial charge in [0.1, 0.15) is 16.8 Å². The Kier molecular flexibility index (Phi) is 4.25. The van der Waals surface area contributed by atoms with Crippen LogP contribution < -0.4 is 0 Å². The summed E-state index contributed by atoms with van der Waals surface area (Å²) in [6, 6.07) is 0. The third-order valence-corrected chi connectivity index (χ3v) is 12.3. The highest BCUT2D eigenvalue weighted by molar-refractivity contribution is 5.97. The molecule has 0 aromatic carbocycles. The monoisotopic (exact) mass is 456 g/mol. The molecule has 7 aliphatic rings. The van der Waals surface area contributed by atoms with Gasteiger partial charge >= 0.3 is 0 Å². The lowest BCUT2D eigenvalue weighted by molar-refractivity contribution is -0.201. The lowest BCUT2D eigenvalue weighted by atomic mass is 9.45. The van der Waals surface area contributed by atoms with Crippen molar-refractivity contribution in [3.05, 3.63) is 12.2 Å². The third kappa shape index (κ3) is 2.56. The van der Waals surface area contributed by atoms with Crippen LogP contribution in [-0.2, 0) is 19.0 Å². The molecule has 3 saturated heterocycles. The fourth-order valence-electron chi connectivity index (χ4n) is 9.77. The van der Waals surface area contributed by atoms with Crippen LogP contribution in [0, 0.1) is 40.9 Å². The fraction of sp³-hybridized carbons (Fsp3) is 0.893. The third-order valence-electron chi connectivity index (χ3n) is 12.3. The highest BCUT2D eigenvalue weighted by Crippen LogP contribution is 2.70. The molecule has 5 heteroatoms. The predicted octanol–water partition coefficient (Wildman–Crippen LogP) is 4.41. The smallest absolute Gasteiger partial charge is 0.186 e. The van der Waals surface area contributed by atoms with Gasteiger partial charge < -0.3 is 19.3 Å². The van der Waals surface area contributed by atoms with Gasteiger partial charge in [-0.2, -0.15) is 0 Å². The zero-order valence-corrected chi connectivity index (χ0v) is 20.6. The molecule has 5 nitrogen and oxygen atoms in total. The molecule has 0 bridgehead atoms. The average Bonchev–Trinajstić information content (AvgIpc) is 3.64. The van der Waals surface area contributed by atoms with Gasteiger partial charge in [0.25, 0.3) is 0 Å². The summed E-state index contributed by atoms with van der Waals surface area (Å²) in [5.41, 5.74) is -1.27. The van der Waals surface area contributed by atoms with Crippen molar-refractivity contribution in [1.29, 1.82) is 0 Å². The van der Waals surface area contributed by atoms with E-state index in [1.165, 1.54) is 32.1 Å². The van der Waals surface area contributed by atoms with Crippen molar-refractivity contribution in [1.82, 2.24) is 0 Å². The molecule has 0 aromatic rings. The van der Waals surface area contributed by atoms with Crippen molar-refractivity contribution in [3.63, 3.8) is 0 Å². The summed E-state index contributed by atoms with van der Waals surface area (Å²) >= 11 is 0. The number of epoxide rings is 2. The summed E-state index contributed by atoms with van der Waals surface area (Å²) in [7, 11) is 0. The molecule has 6 fully saturated rings. The van der Waals surface area contributed by atoms with Crippen LogP contribution in [0.15, 0.2) is 12.2 Å². The number of allylic oxidation sites excluding steroid dienone is 1. The predicted molar refractivity (Wildman–Crippen MR) is 122 cm³/mol. The number of hydrogen-bond acceptors (Lipinski definition) is 5. The first-order chi connectivity index (χ1) is 15.6. The van der Waals surface area contributed by atoms with E-state index in [1.54, 1.807) is 0 Å². The van der Waals surface area contributed by atoms with E-state index in [9.17, 15) is 9.90 Å². The highest BCUT2D eigenvalue weighted by Gasteiger charge is 2.76. The van der Waals surface area contributed by atoms with Gasteiger partial charge in [-0.1, -0.05) is 13.0 Å². The van der Waals surface area contributed by atoms with Crippen LogP contribution in [0.5, 0.6) is 0 Å². The van der Waals surface area contributed by atoms with Crippen molar-refractivity contribution < 1.29 is 24.1 Å². The largest absolute Gasteiger partial charge is 0.366 e. The van der Waals surface area contributed by atoms with E-state index in [2.05, 4.69) is 26.8 Å². The number of ketones is 1. The number of carbonyl (C=O) groups excluding carboxylic acids is 1. The summed E-state index contributed by atoms with van der Waals surface area (Å²) in [4.78, 5) is 13.2. The molecule has 4 aliphatic carbocycles. The molecule has 7 rings (SSSR count). The minimum atomic E-state index is -0.820. The maximum absolute atomic E-state index is 13.2. The van der Waals surface area contributed by atoms with Crippen LogP contribution in [0.3, 0.4) is 0 Å². The van der Waals surface area contributed by atoms with Crippen LogP contribution in [0.25, 0.3) is 0 Å². The molecule has 13 atom stereocenters. The van der Waals surface area contributed by atoms with E-state index < -0.39 is 11.9 Å². The van der Waals surface area contributed by atoms with E-state index in [0.29, 0.717) is 35.6 Å². The maximum Gasteiger partial charge on any atom is 0.186 e. The number of hydrogen-bond donors (Lipinski definition) is 1. The number of carbonyl (C=O) groups is 1. The molecule has 3 aliphatic heterocycles. The van der Waals surface area contributed by atoms with Crippen LogP contribution in [0.2, 0.25) is 0 Å². The Morgan fingerprint density at radius 3 is 2.70 bits per heavy atom. The standard InChI is InChI=1S/C28H40O5/c1-15(21-14-25(2)27(4,33-25)24(30)31-21)16-7-9-18-17(12-16)8-10-20-19(18)13-23-28(32-23)11-5-6-22(29)26(20,28)3/h5-6,15-21,23-24,30H,7-14H2,1-4H3/t15-,16+,17-,18-,19+,20+,21+,23+,24+,25-,26+,27+,28+/m1/s1. The van der Waals surface area contributed by atoms with E-state index in [-0.39, 0.29) is 22.7 Å². The normalized spacial score (nSPS) is 61.7. The Balaban J connectivity index is 1.07. The summed E-state index contributed by atoms with van der Waals surface area (Å²) in [6.07, 6.45) is 12.6. The lowest BCUT2D eigenvalue weighted by Gasteiger charge is -2.57. The van der Waals surface area contributed by atoms with Gasteiger partial charge in [0.2, 0.25) is 0 Å². The highest BCUT2D eigenvalue weighted by atomic mass is 16.7. The number of rotatable bonds is 2. The van der Waals surface area contributed by atoms with E-state index in [0.717, 1.165) is 31.1 Å². The van der Waals surface area contributed by atoms with Gasteiger partial charge in [0.05, 0.1) is 17.6 Å². The number of aliphatic hydroxyl groups is 1. The van der Waals surface area contributed by atoms with E-state index >= 15 is 0 Å². The first-order valence-corrected chi connectivity index (χ1v) is 13.6. The first-order valence-electron chi connectivity index (χ1n) is 13.6. The summed E-state index contributed by atoms with van der Waals surface area (Å²) in [5, 5.41) is 10.6. The van der Waals surface area contributed by atoms with Crippen molar-refractivity contribution in [2.75, 3.05) is 0 Å². The fourth-order valence-corrected chi connectivity index (χ4v) is 9.77. The van der Waals surface area contributed by atoms with E-state index in [1.807, 2.05) is 13.0 Å². The second kappa shape index (κ2) is 6.52. The topological polar surface area (TPSA) is 71.6 Å². The zero-order valence-electron chi connectivity index (χ0n) is 20.6. The quantitative estimate of drug-likeness (QED) is 0.623. The Hall–Kier alpha value is -0.750. The summed E-state index contributed by atoms with van der Waals surface area (Å²) in [5.74, 6) is 3.98. The molecule has 0 amide bonds. The Morgan fingerprint density at radius 1 is 1.09 bits per heavy atom. The molecule has 0 radical (unpaired) electrons. The van der Waals surface area contributed by atoms with Gasteiger partial charge in [-0.05, 0) is 107 Å². The average molecular weight is 457 g/mol. The van der Waals surface area contributed by atoms with Crippen LogP contribution in [0.4, 0.5) is 0 Å². The zero-order chi connectivity index (χ0) is 23.0. The van der Waals surface area contributed by atoms with Crippen LogP contribution in [-0.4, -0.2) is 46.2 Å². The summed E-state index contributed by atoms with van der Waals surface area (Å²) < 4.78 is 18.4. The molecule has 1 spiro atoms. The molecule has 0 aromatic heterocycles. The Morgan fingerprint density at radius 2 is 1.91 bits per heavy atom. The first kappa shape index (κ1) is 21.5. The SMILES string of the molecule is C[C@H]([C@H]1CC[C@@H]2[C@H](CC[C@H]3[C@H]2C[C@@H]2O[C@@]24CC=CC(=O)[C@]34C)C1)[C@@H]1C[C@@]2(C)O[C@@]2(C)[C@@H](O)O1. The molecule has 33 heavy (non-hydrogen) atoms. The van der Waals surface area contributed by atoms with Gasteiger partial charge in [0.15, 0.2) is 12.1 Å². The molecule has 3 heterocycles.